The molecule has 0 radical (unpaired) electrons. The number of methoxy groups -OCH3 is 1. The van der Waals surface area contributed by atoms with Crippen LogP contribution in [0.1, 0.15) is 29.7 Å². The number of fused-ring (bicyclic) bond motifs is 1. The van der Waals surface area contributed by atoms with Crippen LogP contribution in [0.15, 0.2) is 46.9 Å². The predicted molar refractivity (Wildman–Crippen MR) is 116 cm³/mol. The van der Waals surface area contributed by atoms with E-state index in [-0.39, 0.29) is 0 Å². The first kappa shape index (κ1) is 18.9. The van der Waals surface area contributed by atoms with Crippen LogP contribution in [0.2, 0.25) is 0 Å². The molecule has 1 aromatic heterocycles. The van der Waals surface area contributed by atoms with Gasteiger partial charge < -0.3 is 15.0 Å². The van der Waals surface area contributed by atoms with Gasteiger partial charge in [0.2, 0.25) is 0 Å². The number of thiocarbonyl (C=S) groups is 1. The van der Waals surface area contributed by atoms with Crippen molar-refractivity contribution in [2.45, 2.75) is 32.7 Å². The minimum atomic E-state index is 0.582. The summed E-state index contributed by atoms with van der Waals surface area (Å²) < 4.78 is 8.92. The summed E-state index contributed by atoms with van der Waals surface area (Å²) in [6.07, 6.45) is 2.70. The molecule has 26 heavy (non-hydrogen) atoms. The standard InChI is InChI=1S/C21H23BrN2OS/c1-14-18(4-3-5-21(23)26)19-12-17(25-2)10-11-20(19)24(14)13-15-6-8-16(22)9-7-15/h6-12H,3-5,13H2,1-2H3,(H2,23,26). The molecule has 0 aliphatic rings. The molecule has 1 heterocycles. The molecule has 0 amide bonds. The van der Waals surface area contributed by atoms with Crippen molar-refractivity contribution in [3.05, 3.63) is 63.8 Å². The summed E-state index contributed by atoms with van der Waals surface area (Å²) in [6.45, 7) is 3.04. The first-order valence-electron chi connectivity index (χ1n) is 8.68. The van der Waals surface area contributed by atoms with Gasteiger partial charge in [-0.1, -0.05) is 40.3 Å². The predicted octanol–water partition coefficient (Wildman–Crippen LogP) is 5.38. The Hall–Kier alpha value is -1.85. The fraction of sp³-hybridized carbons (Fsp3) is 0.286. The maximum atomic E-state index is 5.67. The highest BCUT2D eigenvalue weighted by Gasteiger charge is 2.15. The van der Waals surface area contributed by atoms with Crippen LogP contribution in [0.4, 0.5) is 0 Å². The Bertz CT molecular complexity index is 931. The van der Waals surface area contributed by atoms with Crippen LogP contribution in [-0.4, -0.2) is 16.7 Å². The molecule has 0 bridgehead atoms. The van der Waals surface area contributed by atoms with Gasteiger partial charge in [-0.15, -0.1) is 0 Å². The van der Waals surface area contributed by atoms with E-state index in [1.165, 1.54) is 27.7 Å². The van der Waals surface area contributed by atoms with E-state index in [2.05, 4.69) is 63.8 Å². The van der Waals surface area contributed by atoms with Crippen molar-refractivity contribution in [3.8, 4) is 5.75 Å². The van der Waals surface area contributed by atoms with Crippen LogP contribution in [0.25, 0.3) is 10.9 Å². The zero-order chi connectivity index (χ0) is 18.7. The second-order valence-electron chi connectivity index (χ2n) is 6.48. The van der Waals surface area contributed by atoms with Gasteiger partial charge in [-0.3, -0.25) is 0 Å². The molecule has 3 nitrogen and oxygen atoms in total. The molecule has 0 atom stereocenters. The second kappa shape index (κ2) is 8.23. The van der Waals surface area contributed by atoms with E-state index in [4.69, 9.17) is 22.7 Å². The van der Waals surface area contributed by atoms with E-state index >= 15 is 0 Å². The van der Waals surface area contributed by atoms with E-state index in [1.807, 2.05) is 6.07 Å². The van der Waals surface area contributed by atoms with Crippen molar-refractivity contribution >= 4 is 44.0 Å². The van der Waals surface area contributed by atoms with Crippen LogP contribution in [0.5, 0.6) is 5.75 Å². The number of nitrogens with two attached hydrogens (primary N) is 1. The quantitative estimate of drug-likeness (QED) is 0.511. The summed E-state index contributed by atoms with van der Waals surface area (Å²) in [5.41, 5.74) is 10.8. The highest BCUT2D eigenvalue weighted by molar-refractivity contribution is 9.10. The van der Waals surface area contributed by atoms with E-state index in [0.717, 1.165) is 36.0 Å². The van der Waals surface area contributed by atoms with Gasteiger partial charge in [0, 0.05) is 27.6 Å². The Balaban J connectivity index is 2.02. The molecule has 136 valence electrons. The Morgan fingerprint density at radius 3 is 2.58 bits per heavy atom. The lowest BCUT2D eigenvalue weighted by atomic mass is 10.0. The summed E-state index contributed by atoms with van der Waals surface area (Å²) in [5, 5.41) is 1.25. The molecular weight excluding hydrogens is 408 g/mol. The van der Waals surface area contributed by atoms with Crippen LogP contribution >= 0.6 is 28.1 Å². The highest BCUT2D eigenvalue weighted by atomic mass is 79.9. The maximum absolute atomic E-state index is 5.67. The Morgan fingerprint density at radius 2 is 1.92 bits per heavy atom. The Labute approximate surface area is 168 Å². The zero-order valence-corrected chi connectivity index (χ0v) is 17.5. The summed E-state index contributed by atoms with van der Waals surface area (Å²) in [7, 11) is 1.71. The van der Waals surface area contributed by atoms with Crippen molar-refractivity contribution in [1.82, 2.24) is 4.57 Å². The number of aromatic nitrogens is 1. The smallest absolute Gasteiger partial charge is 0.119 e. The molecule has 0 aliphatic carbocycles. The minimum Gasteiger partial charge on any atom is -0.497 e. The summed E-state index contributed by atoms with van der Waals surface area (Å²) >= 11 is 8.53. The van der Waals surface area contributed by atoms with Gasteiger partial charge in [0.15, 0.2) is 0 Å². The van der Waals surface area contributed by atoms with E-state index in [9.17, 15) is 0 Å². The summed E-state index contributed by atoms with van der Waals surface area (Å²) in [5.74, 6) is 0.883. The fourth-order valence-electron chi connectivity index (χ4n) is 3.39. The van der Waals surface area contributed by atoms with Crippen LogP contribution in [-0.2, 0) is 13.0 Å². The molecule has 3 rings (SSSR count). The number of hydrogen-bond acceptors (Lipinski definition) is 2. The Morgan fingerprint density at radius 1 is 1.19 bits per heavy atom. The molecule has 0 saturated heterocycles. The topological polar surface area (TPSA) is 40.2 Å². The minimum absolute atomic E-state index is 0.582. The third-order valence-electron chi connectivity index (χ3n) is 4.77. The summed E-state index contributed by atoms with van der Waals surface area (Å²) in [6, 6.07) is 14.8. The molecule has 5 heteroatoms. The zero-order valence-electron chi connectivity index (χ0n) is 15.1. The lowest BCUT2D eigenvalue weighted by Gasteiger charge is -2.10. The van der Waals surface area contributed by atoms with Gasteiger partial charge in [0.1, 0.15) is 5.75 Å². The van der Waals surface area contributed by atoms with Crippen molar-refractivity contribution < 1.29 is 4.74 Å². The van der Waals surface area contributed by atoms with Crippen molar-refractivity contribution in [2.75, 3.05) is 7.11 Å². The highest BCUT2D eigenvalue weighted by Crippen LogP contribution is 2.31. The maximum Gasteiger partial charge on any atom is 0.119 e. The van der Waals surface area contributed by atoms with Gasteiger partial charge in [0.25, 0.3) is 0 Å². The van der Waals surface area contributed by atoms with Crippen molar-refractivity contribution in [3.63, 3.8) is 0 Å². The van der Waals surface area contributed by atoms with Crippen molar-refractivity contribution in [2.24, 2.45) is 5.73 Å². The summed E-state index contributed by atoms with van der Waals surface area (Å²) in [4.78, 5) is 0.582. The van der Waals surface area contributed by atoms with Gasteiger partial charge in [-0.2, -0.15) is 0 Å². The third-order valence-corrected chi connectivity index (χ3v) is 5.50. The molecule has 2 aromatic carbocycles. The first-order chi connectivity index (χ1) is 12.5. The number of ether oxygens (including phenoxy) is 1. The number of benzene rings is 2. The number of halogens is 1. The average molecular weight is 431 g/mol. The molecular formula is C21H23BrN2OS. The average Bonchev–Trinajstić information content (AvgIpc) is 2.88. The van der Waals surface area contributed by atoms with Crippen LogP contribution < -0.4 is 10.5 Å². The molecule has 0 unspecified atom stereocenters. The van der Waals surface area contributed by atoms with E-state index in [1.54, 1.807) is 7.11 Å². The Kier molecular flexibility index (Phi) is 5.99. The molecule has 0 aliphatic heterocycles. The van der Waals surface area contributed by atoms with Crippen LogP contribution in [0.3, 0.4) is 0 Å². The molecule has 0 saturated carbocycles. The third kappa shape index (κ3) is 4.10. The fourth-order valence-corrected chi connectivity index (χ4v) is 3.80. The SMILES string of the molecule is COc1ccc2c(c1)c(CCCC(N)=S)c(C)n2Cc1ccc(Br)cc1. The lowest BCUT2D eigenvalue weighted by molar-refractivity contribution is 0.415. The molecule has 3 aromatic rings. The first-order valence-corrected chi connectivity index (χ1v) is 9.88. The normalized spacial score (nSPS) is 11.0. The van der Waals surface area contributed by atoms with Gasteiger partial charge >= 0.3 is 0 Å². The largest absolute Gasteiger partial charge is 0.497 e. The molecule has 0 spiro atoms. The number of rotatable bonds is 7. The van der Waals surface area contributed by atoms with Gasteiger partial charge in [-0.25, -0.2) is 0 Å². The number of aryl methyl sites for hydroxylation is 1. The van der Waals surface area contributed by atoms with Crippen molar-refractivity contribution in [1.29, 1.82) is 0 Å². The van der Waals surface area contributed by atoms with Gasteiger partial charge in [0.05, 0.1) is 12.1 Å². The molecule has 0 fully saturated rings. The number of hydrogen-bond donors (Lipinski definition) is 1. The van der Waals surface area contributed by atoms with E-state index < -0.39 is 0 Å². The van der Waals surface area contributed by atoms with Gasteiger partial charge in [-0.05, 0) is 67.6 Å². The second-order valence-corrected chi connectivity index (χ2v) is 7.92. The van der Waals surface area contributed by atoms with Crippen LogP contribution in [0, 0.1) is 6.92 Å². The molecule has 2 N–H and O–H groups in total. The monoisotopic (exact) mass is 430 g/mol. The lowest BCUT2D eigenvalue weighted by Crippen LogP contribution is -2.07. The van der Waals surface area contributed by atoms with E-state index in [0.29, 0.717) is 4.99 Å². The number of nitrogens with zero attached hydrogens (tertiary/aromatic N) is 1.